The molecule has 2 heterocycles. The van der Waals surface area contributed by atoms with Gasteiger partial charge in [-0.25, -0.2) is 18.7 Å². The summed E-state index contributed by atoms with van der Waals surface area (Å²) in [7, 11) is 0. The van der Waals surface area contributed by atoms with Crippen molar-refractivity contribution in [2.45, 2.75) is 26.3 Å². The Labute approximate surface area is 129 Å². The van der Waals surface area contributed by atoms with Gasteiger partial charge in [0.2, 0.25) is 0 Å². The molecule has 0 fully saturated rings. The summed E-state index contributed by atoms with van der Waals surface area (Å²) >= 11 is 3.10. The second kappa shape index (κ2) is 5.77. The monoisotopic (exact) mass is 353 g/mol. The molecule has 21 heavy (non-hydrogen) atoms. The highest BCUT2D eigenvalue weighted by Crippen LogP contribution is 2.31. The molecule has 1 aromatic heterocycles. The highest BCUT2D eigenvalue weighted by Gasteiger charge is 2.20. The highest BCUT2D eigenvalue weighted by molar-refractivity contribution is 9.10. The third-order valence-corrected chi connectivity index (χ3v) is 4.41. The Balaban J connectivity index is 2.17. The molecule has 0 spiro atoms. The average molecular weight is 354 g/mol. The van der Waals surface area contributed by atoms with Crippen LogP contribution in [0.3, 0.4) is 0 Å². The normalized spacial score (nSPS) is 14.1. The van der Waals surface area contributed by atoms with E-state index in [1.165, 1.54) is 11.6 Å². The molecule has 1 aromatic carbocycles. The molecule has 1 aliphatic rings. The molecule has 1 N–H and O–H groups in total. The fourth-order valence-electron chi connectivity index (χ4n) is 2.55. The molecule has 0 amide bonds. The molecule has 0 atom stereocenters. The topological polar surface area (TPSA) is 37.8 Å². The van der Waals surface area contributed by atoms with Crippen LogP contribution in [0.1, 0.15) is 23.9 Å². The Hall–Kier alpha value is -1.40. The molecule has 0 saturated heterocycles. The van der Waals surface area contributed by atoms with Gasteiger partial charge in [-0.05, 0) is 53.0 Å². The van der Waals surface area contributed by atoms with Crippen LogP contribution in [0, 0.1) is 11.6 Å². The molecule has 0 unspecified atom stereocenters. The van der Waals surface area contributed by atoms with Gasteiger partial charge in [0, 0.05) is 17.8 Å². The van der Waals surface area contributed by atoms with Crippen LogP contribution in [0.4, 0.5) is 8.78 Å². The molecule has 110 valence electrons. The van der Waals surface area contributed by atoms with E-state index in [0.29, 0.717) is 17.9 Å². The van der Waals surface area contributed by atoms with Crippen LogP contribution < -0.4 is 5.32 Å². The van der Waals surface area contributed by atoms with Gasteiger partial charge >= 0.3 is 0 Å². The number of hydrogen-bond donors (Lipinski definition) is 1. The lowest BCUT2D eigenvalue weighted by Gasteiger charge is -2.20. The Kier molecular flexibility index (Phi) is 3.99. The summed E-state index contributed by atoms with van der Waals surface area (Å²) < 4.78 is 27.0. The van der Waals surface area contributed by atoms with Crippen LogP contribution in [-0.2, 0) is 19.4 Å². The van der Waals surface area contributed by atoms with Crippen molar-refractivity contribution in [2.75, 3.05) is 6.54 Å². The summed E-state index contributed by atoms with van der Waals surface area (Å²) in [6.45, 7) is 3.63. The van der Waals surface area contributed by atoms with Crippen LogP contribution in [0.25, 0.3) is 11.4 Å². The van der Waals surface area contributed by atoms with Crippen LogP contribution in [0.5, 0.6) is 0 Å². The van der Waals surface area contributed by atoms with Crippen molar-refractivity contribution < 1.29 is 8.78 Å². The number of benzene rings is 1. The van der Waals surface area contributed by atoms with Crippen molar-refractivity contribution in [1.82, 2.24) is 15.3 Å². The van der Waals surface area contributed by atoms with E-state index in [1.807, 2.05) is 6.92 Å². The molecule has 6 heteroatoms. The summed E-state index contributed by atoms with van der Waals surface area (Å²) in [5.74, 6) is -1.37. The Morgan fingerprint density at radius 2 is 2.10 bits per heavy atom. The molecule has 0 saturated carbocycles. The summed E-state index contributed by atoms with van der Waals surface area (Å²) in [6.07, 6.45) is 1.69. The number of nitrogens with one attached hydrogen (secondary N) is 1. The van der Waals surface area contributed by atoms with Crippen molar-refractivity contribution >= 4 is 15.9 Å². The molecular weight excluding hydrogens is 340 g/mol. The summed E-state index contributed by atoms with van der Waals surface area (Å²) in [6, 6.07) is 2.60. The maximum atomic E-state index is 13.7. The van der Waals surface area contributed by atoms with E-state index in [9.17, 15) is 8.78 Å². The van der Waals surface area contributed by atoms with E-state index in [0.717, 1.165) is 36.8 Å². The summed E-state index contributed by atoms with van der Waals surface area (Å²) in [5, 5.41) is 3.27. The summed E-state index contributed by atoms with van der Waals surface area (Å²) in [5.41, 5.74) is 3.57. The van der Waals surface area contributed by atoms with Crippen molar-refractivity contribution in [3.63, 3.8) is 0 Å². The number of aromatic nitrogens is 2. The predicted molar refractivity (Wildman–Crippen MR) is 79.9 cm³/mol. The minimum absolute atomic E-state index is 0.0632. The SMILES string of the molecule is CCc1nc(-c2ccc(F)c(F)c2Br)nc2c1CCNC2. The molecule has 2 aromatic rings. The largest absolute Gasteiger partial charge is 0.311 e. The van der Waals surface area contributed by atoms with Gasteiger partial charge in [-0.1, -0.05) is 6.92 Å². The zero-order chi connectivity index (χ0) is 15.0. The minimum atomic E-state index is -0.912. The minimum Gasteiger partial charge on any atom is -0.311 e. The van der Waals surface area contributed by atoms with E-state index in [1.54, 1.807) is 0 Å². The number of rotatable bonds is 2. The molecule has 1 aliphatic heterocycles. The van der Waals surface area contributed by atoms with E-state index >= 15 is 0 Å². The van der Waals surface area contributed by atoms with Crippen molar-refractivity contribution in [3.8, 4) is 11.4 Å². The zero-order valence-corrected chi connectivity index (χ0v) is 13.1. The van der Waals surface area contributed by atoms with Gasteiger partial charge in [-0.15, -0.1) is 0 Å². The lowest BCUT2D eigenvalue weighted by molar-refractivity contribution is 0.504. The van der Waals surface area contributed by atoms with Crippen LogP contribution in [-0.4, -0.2) is 16.5 Å². The summed E-state index contributed by atoms with van der Waals surface area (Å²) in [4.78, 5) is 9.08. The van der Waals surface area contributed by atoms with Gasteiger partial charge in [-0.2, -0.15) is 0 Å². The fraction of sp³-hybridized carbons (Fsp3) is 0.333. The van der Waals surface area contributed by atoms with Gasteiger partial charge in [0.25, 0.3) is 0 Å². The number of hydrogen-bond acceptors (Lipinski definition) is 3. The third kappa shape index (κ3) is 2.58. The number of halogens is 3. The molecule has 3 nitrogen and oxygen atoms in total. The van der Waals surface area contributed by atoms with Crippen LogP contribution in [0.2, 0.25) is 0 Å². The predicted octanol–water partition coefficient (Wildman–Crippen LogP) is 3.39. The smallest absolute Gasteiger partial charge is 0.173 e. The molecule has 3 rings (SSSR count). The van der Waals surface area contributed by atoms with E-state index < -0.39 is 11.6 Å². The van der Waals surface area contributed by atoms with E-state index in [-0.39, 0.29) is 4.47 Å². The van der Waals surface area contributed by atoms with Crippen LogP contribution in [0.15, 0.2) is 16.6 Å². The second-order valence-electron chi connectivity index (χ2n) is 4.92. The first-order valence-electron chi connectivity index (χ1n) is 6.85. The standard InChI is InChI=1S/C15H14BrF2N3/c1-2-11-8-5-6-19-7-12(8)21-15(20-11)9-3-4-10(17)14(18)13(9)16/h3-4,19H,2,5-7H2,1H3. The lowest BCUT2D eigenvalue weighted by atomic mass is 10.0. The first-order valence-corrected chi connectivity index (χ1v) is 7.64. The van der Waals surface area contributed by atoms with Gasteiger partial charge in [-0.3, -0.25) is 0 Å². The van der Waals surface area contributed by atoms with E-state index in [2.05, 4.69) is 31.2 Å². The Bertz CT molecular complexity index is 687. The van der Waals surface area contributed by atoms with E-state index in [4.69, 9.17) is 0 Å². The second-order valence-corrected chi connectivity index (χ2v) is 5.72. The van der Waals surface area contributed by atoms with Crippen molar-refractivity contribution in [2.24, 2.45) is 0 Å². The highest BCUT2D eigenvalue weighted by atomic mass is 79.9. The van der Waals surface area contributed by atoms with Crippen molar-refractivity contribution in [3.05, 3.63) is 45.2 Å². The molecule has 0 bridgehead atoms. The molecule has 0 aliphatic carbocycles. The van der Waals surface area contributed by atoms with Gasteiger partial charge in [0.1, 0.15) is 0 Å². The molecular formula is C15H14BrF2N3. The van der Waals surface area contributed by atoms with Crippen molar-refractivity contribution in [1.29, 1.82) is 0 Å². The van der Waals surface area contributed by atoms with Gasteiger partial charge in [0.15, 0.2) is 17.5 Å². The average Bonchev–Trinajstić information content (AvgIpc) is 2.51. The number of nitrogens with zero attached hydrogens (tertiary/aromatic N) is 2. The first-order chi connectivity index (χ1) is 10.1. The number of aryl methyl sites for hydroxylation is 1. The number of fused-ring (bicyclic) bond motifs is 1. The lowest BCUT2D eigenvalue weighted by Crippen LogP contribution is -2.26. The zero-order valence-electron chi connectivity index (χ0n) is 11.5. The maximum absolute atomic E-state index is 13.7. The fourth-order valence-corrected chi connectivity index (χ4v) is 3.05. The van der Waals surface area contributed by atoms with Gasteiger partial charge in [0.05, 0.1) is 10.2 Å². The maximum Gasteiger partial charge on any atom is 0.173 e. The van der Waals surface area contributed by atoms with Crippen LogP contribution >= 0.6 is 15.9 Å². The van der Waals surface area contributed by atoms with Gasteiger partial charge < -0.3 is 5.32 Å². The quantitative estimate of drug-likeness (QED) is 0.841. The molecule has 0 radical (unpaired) electrons. The first kappa shape index (κ1) is 14.5. The Morgan fingerprint density at radius 1 is 1.29 bits per heavy atom. The Morgan fingerprint density at radius 3 is 2.86 bits per heavy atom. The third-order valence-electron chi connectivity index (χ3n) is 3.63.